The van der Waals surface area contributed by atoms with Gasteiger partial charge in [-0.1, -0.05) is 6.07 Å². The van der Waals surface area contributed by atoms with Crippen molar-refractivity contribution in [2.75, 3.05) is 19.6 Å². The predicted molar refractivity (Wildman–Crippen MR) is 113 cm³/mol. The summed E-state index contributed by atoms with van der Waals surface area (Å²) in [7, 11) is 0. The van der Waals surface area contributed by atoms with E-state index in [1.807, 2.05) is 27.3 Å². The molecule has 2 saturated heterocycles. The highest BCUT2D eigenvalue weighted by molar-refractivity contribution is 7.10. The Bertz CT molecular complexity index is 945. The monoisotopic (exact) mass is 430 g/mol. The lowest BCUT2D eigenvalue weighted by Gasteiger charge is -2.47. The van der Waals surface area contributed by atoms with E-state index in [2.05, 4.69) is 0 Å². The number of carbonyl (C=O) groups is 2. The molecule has 4 nitrogen and oxygen atoms in total. The number of halogens is 2. The molecule has 2 aromatic rings. The molecule has 2 aliphatic rings. The topological polar surface area (TPSA) is 40.6 Å². The molecule has 4 rings (SSSR count). The van der Waals surface area contributed by atoms with Crippen LogP contribution >= 0.6 is 11.3 Å². The molecule has 2 fully saturated rings. The third-order valence-corrected chi connectivity index (χ3v) is 6.85. The number of thiophene rings is 1. The number of piperidine rings is 2. The number of likely N-dealkylation sites (tertiary alicyclic amines) is 2. The Balaban J connectivity index is 1.39. The molecule has 30 heavy (non-hydrogen) atoms. The molecule has 0 spiro atoms. The number of nitrogens with zero attached hydrogens (tertiary/aromatic N) is 2. The van der Waals surface area contributed by atoms with E-state index in [0.29, 0.717) is 26.1 Å². The Hall–Kier alpha value is -2.54. The summed E-state index contributed by atoms with van der Waals surface area (Å²) >= 11 is 1.59. The molecule has 0 radical (unpaired) electrons. The SMILES string of the molecule is O=C(Cc1cccs1)N1CC[C@H]2[C@H](CCCN2C(=O)C=Cc2cc(F)ccc2F)C1. The fourth-order valence-corrected chi connectivity index (χ4v) is 5.17. The lowest BCUT2D eigenvalue weighted by Crippen LogP contribution is -2.56. The molecule has 2 aliphatic heterocycles. The largest absolute Gasteiger partial charge is 0.342 e. The highest BCUT2D eigenvalue weighted by atomic mass is 32.1. The van der Waals surface area contributed by atoms with Crippen molar-refractivity contribution in [1.29, 1.82) is 0 Å². The lowest BCUT2D eigenvalue weighted by molar-refractivity contribution is -0.138. The van der Waals surface area contributed by atoms with Crippen molar-refractivity contribution in [3.63, 3.8) is 0 Å². The van der Waals surface area contributed by atoms with E-state index >= 15 is 0 Å². The third-order valence-electron chi connectivity index (χ3n) is 5.97. The number of amides is 2. The summed E-state index contributed by atoms with van der Waals surface area (Å²) in [6.07, 6.45) is 5.70. The predicted octanol–water partition coefficient (Wildman–Crippen LogP) is 4.12. The Kier molecular flexibility index (Phi) is 6.27. The van der Waals surface area contributed by atoms with Gasteiger partial charge in [-0.25, -0.2) is 8.78 Å². The number of fused-ring (bicyclic) bond motifs is 1. The van der Waals surface area contributed by atoms with Crippen LogP contribution in [0.15, 0.2) is 41.8 Å². The summed E-state index contributed by atoms with van der Waals surface area (Å²) in [4.78, 5) is 30.3. The first-order valence-electron chi connectivity index (χ1n) is 10.2. The second kappa shape index (κ2) is 9.08. The van der Waals surface area contributed by atoms with Crippen molar-refractivity contribution in [3.05, 3.63) is 63.9 Å². The van der Waals surface area contributed by atoms with Crippen molar-refractivity contribution in [3.8, 4) is 0 Å². The molecule has 2 atom stereocenters. The van der Waals surface area contributed by atoms with Crippen molar-refractivity contribution < 1.29 is 18.4 Å². The van der Waals surface area contributed by atoms with Gasteiger partial charge in [0.2, 0.25) is 11.8 Å². The first kappa shape index (κ1) is 20.7. The van der Waals surface area contributed by atoms with Crippen molar-refractivity contribution >= 4 is 29.2 Å². The molecular weight excluding hydrogens is 406 g/mol. The fraction of sp³-hybridized carbons (Fsp3) is 0.391. The van der Waals surface area contributed by atoms with E-state index in [-0.39, 0.29) is 29.3 Å². The maximum Gasteiger partial charge on any atom is 0.246 e. The normalized spacial score (nSPS) is 21.7. The minimum absolute atomic E-state index is 0.0610. The van der Waals surface area contributed by atoms with Gasteiger partial charge in [-0.2, -0.15) is 0 Å². The van der Waals surface area contributed by atoms with Gasteiger partial charge >= 0.3 is 0 Å². The standard InChI is InChI=1S/C23H24F2N2O2S/c24-18-6-7-20(25)16(13-18)5-8-22(28)27-10-1-3-17-15-26(11-9-21(17)27)23(29)14-19-4-2-12-30-19/h2,4-8,12-13,17,21H,1,3,9-11,14-15H2/t17-,21+/m1/s1. The maximum absolute atomic E-state index is 13.8. The zero-order chi connectivity index (χ0) is 21.1. The molecule has 3 heterocycles. The van der Waals surface area contributed by atoms with Gasteiger partial charge in [-0.05, 0) is 60.9 Å². The van der Waals surface area contributed by atoms with Gasteiger partial charge in [0, 0.05) is 42.2 Å². The average molecular weight is 431 g/mol. The van der Waals surface area contributed by atoms with Crippen molar-refractivity contribution in [1.82, 2.24) is 9.80 Å². The number of benzene rings is 1. The minimum Gasteiger partial charge on any atom is -0.342 e. The van der Waals surface area contributed by atoms with Crippen molar-refractivity contribution in [2.24, 2.45) is 5.92 Å². The van der Waals surface area contributed by atoms with Crippen LogP contribution in [0.4, 0.5) is 8.78 Å². The average Bonchev–Trinajstić information content (AvgIpc) is 3.26. The molecule has 0 saturated carbocycles. The van der Waals surface area contributed by atoms with Crippen LogP contribution in [-0.4, -0.2) is 47.3 Å². The number of hydrogen-bond acceptors (Lipinski definition) is 3. The Morgan fingerprint density at radius 1 is 1.17 bits per heavy atom. The summed E-state index contributed by atoms with van der Waals surface area (Å²) in [5, 5.41) is 1.97. The third kappa shape index (κ3) is 4.61. The molecule has 1 aromatic heterocycles. The summed E-state index contributed by atoms with van der Waals surface area (Å²) < 4.78 is 27.1. The van der Waals surface area contributed by atoms with Gasteiger partial charge in [0.05, 0.1) is 6.42 Å². The van der Waals surface area contributed by atoms with Crippen LogP contribution in [0.3, 0.4) is 0 Å². The van der Waals surface area contributed by atoms with Gasteiger partial charge in [0.25, 0.3) is 0 Å². The molecule has 1 aromatic carbocycles. The number of rotatable bonds is 4. The smallest absolute Gasteiger partial charge is 0.246 e. The molecule has 0 bridgehead atoms. The van der Waals surface area contributed by atoms with E-state index in [1.165, 1.54) is 12.2 Å². The van der Waals surface area contributed by atoms with E-state index in [4.69, 9.17) is 0 Å². The molecule has 2 amide bonds. The van der Waals surface area contributed by atoms with Gasteiger partial charge in [-0.15, -0.1) is 11.3 Å². The molecule has 0 aliphatic carbocycles. The molecule has 0 N–H and O–H groups in total. The Labute approximate surface area is 178 Å². The summed E-state index contributed by atoms with van der Waals surface area (Å²) in [6.45, 7) is 1.96. The zero-order valence-electron chi connectivity index (χ0n) is 16.6. The van der Waals surface area contributed by atoms with Crippen LogP contribution in [0.1, 0.15) is 29.7 Å². The lowest BCUT2D eigenvalue weighted by atomic mass is 9.83. The minimum atomic E-state index is -0.561. The van der Waals surface area contributed by atoms with E-state index in [1.54, 1.807) is 11.3 Å². The van der Waals surface area contributed by atoms with Gasteiger partial charge in [0.15, 0.2) is 0 Å². The first-order valence-corrected chi connectivity index (χ1v) is 11.1. The van der Waals surface area contributed by atoms with E-state index < -0.39 is 11.6 Å². The first-order chi connectivity index (χ1) is 14.5. The van der Waals surface area contributed by atoms with E-state index in [9.17, 15) is 18.4 Å². The van der Waals surface area contributed by atoms with E-state index in [0.717, 1.165) is 42.3 Å². The number of carbonyl (C=O) groups excluding carboxylic acids is 2. The van der Waals surface area contributed by atoms with Crippen molar-refractivity contribution in [2.45, 2.75) is 31.7 Å². The van der Waals surface area contributed by atoms with Crippen LogP contribution in [-0.2, 0) is 16.0 Å². The van der Waals surface area contributed by atoms with Crippen LogP contribution in [0.2, 0.25) is 0 Å². The van der Waals surface area contributed by atoms with Gasteiger partial charge in [-0.3, -0.25) is 9.59 Å². The van der Waals surface area contributed by atoms with Crippen LogP contribution in [0, 0.1) is 17.6 Å². The molecule has 0 unspecified atom stereocenters. The summed E-state index contributed by atoms with van der Waals surface area (Å²) in [6, 6.07) is 7.20. The Morgan fingerprint density at radius 2 is 2.03 bits per heavy atom. The van der Waals surface area contributed by atoms with Crippen LogP contribution in [0.5, 0.6) is 0 Å². The second-order valence-electron chi connectivity index (χ2n) is 7.89. The van der Waals surface area contributed by atoms with Gasteiger partial charge in [0.1, 0.15) is 11.6 Å². The van der Waals surface area contributed by atoms with Gasteiger partial charge < -0.3 is 9.80 Å². The highest BCUT2D eigenvalue weighted by Gasteiger charge is 2.38. The van der Waals surface area contributed by atoms with Crippen LogP contribution < -0.4 is 0 Å². The zero-order valence-corrected chi connectivity index (χ0v) is 17.4. The molecule has 7 heteroatoms. The molecular formula is C23H24F2N2O2S. The fourth-order valence-electron chi connectivity index (χ4n) is 4.48. The summed E-state index contributed by atoms with van der Waals surface area (Å²) in [5.41, 5.74) is 0.0610. The summed E-state index contributed by atoms with van der Waals surface area (Å²) in [5.74, 6) is -0.897. The second-order valence-corrected chi connectivity index (χ2v) is 8.92. The van der Waals surface area contributed by atoms with Crippen LogP contribution in [0.25, 0.3) is 6.08 Å². The number of hydrogen-bond donors (Lipinski definition) is 0. The molecule has 158 valence electrons. The quantitative estimate of drug-likeness (QED) is 0.685. The highest BCUT2D eigenvalue weighted by Crippen LogP contribution is 2.31. The maximum atomic E-state index is 13.8. The Morgan fingerprint density at radius 3 is 2.83 bits per heavy atom.